The Morgan fingerprint density at radius 1 is 1.16 bits per heavy atom. The summed E-state index contributed by atoms with van der Waals surface area (Å²) in [6.07, 6.45) is 0. The maximum atomic E-state index is 14.4. The second-order valence-corrected chi connectivity index (χ2v) is 3.74. The summed E-state index contributed by atoms with van der Waals surface area (Å²) in [4.78, 5) is 2.86. The first kappa shape index (κ1) is 19.9. The minimum Gasteiger partial charge on any atom is -0.395 e. The number of β-amino-alcohol motifs (C(OH)–C–C–N with tert-alkyl or cyclic N) is 1. The summed E-state index contributed by atoms with van der Waals surface area (Å²) in [5.41, 5.74) is 1.49. The number of para-hydroxylation sites is 2. The van der Waals surface area contributed by atoms with Gasteiger partial charge in [0.25, 0.3) is 0 Å². The van der Waals surface area contributed by atoms with Crippen LogP contribution in [0.2, 0.25) is 0 Å². The lowest BCUT2D eigenvalue weighted by Gasteiger charge is -2.36. The van der Waals surface area contributed by atoms with E-state index in [2.05, 4.69) is 0 Å². The van der Waals surface area contributed by atoms with Gasteiger partial charge in [-0.2, -0.15) is 0 Å². The molecular formula is C11H17BF4N2O. The highest BCUT2D eigenvalue weighted by Gasteiger charge is 2.44. The third-order valence-electron chi connectivity index (χ3n) is 2.86. The van der Waals surface area contributed by atoms with Crippen LogP contribution in [0.1, 0.15) is 6.92 Å². The number of anilines is 2. The highest BCUT2D eigenvalue weighted by Crippen LogP contribution is 2.43. The van der Waals surface area contributed by atoms with E-state index >= 15 is 0 Å². The molecule has 1 atom stereocenters. The van der Waals surface area contributed by atoms with Gasteiger partial charge in [0.15, 0.2) is 7.85 Å². The van der Waals surface area contributed by atoms with Gasteiger partial charge in [-0.3, -0.25) is 14.1 Å². The Hall–Kier alpha value is -1.44. The molecule has 1 N–H and O–H groups in total. The van der Waals surface area contributed by atoms with E-state index in [1.165, 1.54) is 9.80 Å². The molecule has 0 saturated heterocycles. The molecule has 1 aromatic rings. The minimum absolute atomic E-state index is 0. The molecule has 108 valence electrons. The molecule has 2 radical (unpaired) electrons. The highest BCUT2D eigenvalue weighted by molar-refractivity contribution is 6.19. The Kier molecular flexibility index (Phi) is 7.57. The number of aliphatic hydroxyl groups excluding tert-OH is 1. The van der Waals surface area contributed by atoms with Crippen LogP contribution < -0.4 is 9.80 Å². The number of hydrogen-bond donors (Lipinski definition) is 1. The molecule has 0 fully saturated rings. The lowest BCUT2D eigenvalue weighted by molar-refractivity contribution is 0.237. The van der Waals surface area contributed by atoms with Crippen LogP contribution in [0.3, 0.4) is 0 Å². The summed E-state index contributed by atoms with van der Waals surface area (Å²) in [5, 5.41) is 8.96. The average molecular weight is 280 g/mol. The van der Waals surface area contributed by atoms with Crippen molar-refractivity contribution in [3.8, 4) is 0 Å². The van der Waals surface area contributed by atoms with Crippen LogP contribution in [0.15, 0.2) is 24.3 Å². The molecule has 0 spiro atoms. The summed E-state index contributed by atoms with van der Waals surface area (Å²) < 4.78 is 14.4. The van der Waals surface area contributed by atoms with E-state index in [9.17, 15) is 4.39 Å². The van der Waals surface area contributed by atoms with Gasteiger partial charge in [0, 0.05) is 13.1 Å². The van der Waals surface area contributed by atoms with E-state index in [4.69, 9.17) is 13.0 Å². The van der Waals surface area contributed by atoms with Gasteiger partial charge in [0.05, 0.1) is 18.0 Å². The number of fused-ring (bicyclic) bond motifs is 1. The highest BCUT2D eigenvalue weighted by atomic mass is 19.1. The zero-order chi connectivity index (χ0) is 11.8. The van der Waals surface area contributed by atoms with Gasteiger partial charge in [-0.1, -0.05) is 12.1 Å². The van der Waals surface area contributed by atoms with Crippen molar-refractivity contribution in [3.63, 3.8) is 0 Å². The third kappa shape index (κ3) is 2.94. The first-order chi connectivity index (χ1) is 7.62. The van der Waals surface area contributed by atoms with E-state index in [1.807, 2.05) is 31.2 Å². The molecule has 1 aliphatic heterocycles. The number of aliphatic hydroxyl groups is 1. The smallest absolute Gasteiger partial charge is 0.206 e. The molecule has 0 saturated carbocycles. The van der Waals surface area contributed by atoms with Gasteiger partial charge in [-0.15, -0.1) is 0 Å². The van der Waals surface area contributed by atoms with Gasteiger partial charge >= 0.3 is 0 Å². The monoisotopic (exact) mass is 280 g/mol. The molecule has 1 heterocycles. The number of benzene rings is 1. The van der Waals surface area contributed by atoms with Gasteiger partial charge in [0.2, 0.25) is 5.82 Å². The summed E-state index contributed by atoms with van der Waals surface area (Å²) in [5.74, 6) is -2.05. The van der Waals surface area contributed by atoms with Crippen LogP contribution in [0.5, 0.6) is 0 Å². The van der Waals surface area contributed by atoms with Crippen molar-refractivity contribution in [2.24, 2.45) is 0 Å². The summed E-state index contributed by atoms with van der Waals surface area (Å²) >= 11 is 0. The molecular weight excluding hydrogens is 263 g/mol. The van der Waals surface area contributed by atoms with Crippen molar-refractivity contribution in [2.75, 3.05) is 29.5 Å². The van der Waals surface area contributed by atoms with Crippen LogP contribution in [-0.2, 0) is 0 Å². The van der Waals surface area contributed by atoms with Crippen LogP contribution in [0, 0.1) is 0 Å². The predicted molar refractivity (Wildman–Crippen MR) is 71.0 cm³/mol. The lowest BCUT2D eigenvalue weighted by Crippen LogP contribution is -2.55. The zero-order valence-corrected chi connectivity index (χ0v) is 10.5. The molecule has 3 nitrogen and oxygen atoms in total. The number of nitrogens with zero attached hydrogens (tertiary/aromatic N) is 2. The first-order valence-electron chi connectivity index (χ1n) is 5.36. The molecule has 0 amide bonds. The fourth-order valence-corrected chi connectivity index (χ4v) is 2.17. The molecule has 1 unspecified atom stereocenters. The van der Waals surface area contributed by atoms with Crippen molar-refractivity contribution < 1.29 is 23.6 Å². The summed E-state index contributed by atoms with van der Waals surface area (Å²) in [6, 6.07) is 7.32. The average Bonchev–Trinajstić information content (AvgIpc) is 2.48. The fraction of sp³-hybridized carbons (Fsp3) is 0.455. The number of rotatable bonds is 3. The van der Waals surface area contributed by atoms with E-state index in [-0.39, 0.29) is 27.3 Å². The van der Waals surface area contributed by atoms with Crippen molar-refractivity contribution in [1.82, 2.24) is 0 Å². The largest absolute Gasteiger partial charge is 0.395 e. The quantitative estimate of drug-likeness (QED) is 0.517. The van der Waals surface area contributed by atoms with Crippen LogP contribution >= 0.6 is 0 Å². The molecule has 0 aromatic heterocycles. The van der Waals surface area contributed by atoms with Crippen LogP contribution in [0.4, 0.5) is 29.9 Å². The Bertz CT molecular complexity index is 395. The second kappa shape index (κ2) is 7.23. The van der Waals surface area contributed by atoms with E-state index in [0.29, 0.717) is 6.54 Å². The molecule has 19 heavy (non-hydrogen) atoms. The second-order valence-electron chi connectivity index (χ2n) is 3.74. The molecule has 0 aliphatic carbocycles. The predicted octanol–water partition coefficient (Wildman–Crippen LogP) is 1.53. The topological polar surface area (TPSA) is 26.7 Å². The molecule has 1 aliphatic rings. The van der Waals surface area contributed by atoms with Crippen molar-refractivity contribution in [2.45, 2.75) is 12.7 Å². The van der Waals surface area contributed by atoms with Crippen LogP contribution in [-0.4, -0.2) is 38.5 Å². The number of halogens is 4. The van der Waals surface area contributed by atoms with Crippen LogP contribution in [0.25, 0.3) is 0 Å². The normalized spacial score (nSPS) is 19.9. The zero-order valence-electron chi connectivity index (χ0n) is 10.5. The molecule has 0 bridgehead atoms. The maximum Gasteiger partial charge on any atom is 0.206 e. The molecule has 1 aromatic carbocycles. The lowest BCUT2D eigenvalue weighted by atomic mass is 10.00. The SMILES string of the molecule is F.F.F.[B]C1(F)N(CC)c2ccccc2N1CCO. The van der Waals surface area contributed by atoms with E-state index in [1.54, 1.807) is 0 Å². The van der Waals surface area contributed by atoms with Gasteiger partial charge in [-0.25, -0.2) is 4.39 Å². The third-order valence-corrected chi connectivity index (χ3v) is 2.86. The fourth-order valence-electron chi connectivity index (χ4n) is 2.17. The number of hydrogen-bond acceptors (Lipinski definition) is 3. The number of alkyl halides is 1. The summed E-state index contributed by atoms with van der Waals surface area (Å²) in [7, 11) is 5.69. The van der Waals surface area contributed by atoms with E-state index < -0.39 is 5.82 Å². The Balaban J connectivity index is 0. The Morgan fingerprint density at radius 2 is 1.63 bits per heavy atom. The molecule has 2 rings (SSSR count). The van der Waals surface area contributed by atoms with Crippen molar-refractivity contribution >= 4 is 19.2 Å². The molecule has 8 heteroatoms. The van der Waals surface area contributed by atoms with Gasteiger partial charge < -0.3 is 14.9 Å². The minimum atomic E-state index is -2.05. The van der Waals surface area contributed by atoms with Crippen molar-refractivity contribution in [1.29, 1.82) is 0 Å². The Labute approximate surface area is 110 Å². The summed E-state index contributed by atoms with van der Waals surface area (Å²) in [6.45, 7) is 2.38. The van der Waals surface area contributed by atoms with E-state index in [0.717, 1.165) is 11.4 Å². The van der Waals surface area contributed by atoms with Crippen molar-refractivity contribution in [3.05, 3.63) is 24.3 Å². The van der Waals surface area contributed by atoms with Gasteiger partial charge in [-0.05, 0) is 19.1 Å². The maximum absolute atomic E-state index is 14.4. The van der Waals surface area contributed by atoms with Gasteiger partial charge in [0.1, 0.15) is 0 Å². The standard InChI is InChI=1S/C11H14BFN2O.3FH/c1-2-14-9-5-3-4-6-10(9)15(7-8-16)11(14,12)13;;;/h3-6,16H,2,7-8H2,1H3;3*1H. The Morgan fingerprint density at radius 3 is 2.05 bits per heavy atom. The first-order valence-corrected chi connectivity index (χ1v) is 5.36.